The number of carbonyl (C=O) groups excluding carboxylic acids is 1. The standard InChI is InChI=1S/C11H13NO2/c1-8-7-10(9(2)14-8)11(13)12-5-3-4-6-12/h3,5,7H,4,6H2,1-2H3. The van der Waals surface area contributed by atoms with Gasteiger partial charge in [-0.1, -0.05) is 6.08 Å². The first-order chi connectivity index (χ1) is 6.68. The fraction of sp³-hybridized carbons (Fsp3) is 0.364. The van der Waals surface area contributed by atoms with Crippen molar-refractivity contribution in [3.63, 3.8) is 0 Å². The highest BCUT2D eigenvalue weighted by Crippen LogP contribution is 2.17. The van der Waals surface area contributed by atoms with Gasteiger partial charge in [-0.15, -0.1) is 0 Å². The molecule has 0 saturated heterocycles. The lowest BCUT2D eigenvalue weighted by Crippen LogP contribution is -2.23. The minimum absolute atomic E-state index is 0.0353. The zero-order chi connectivity index (χ0) is 10.1. The van der Waals surface area contributed by atoms with Gasteiger partial charge >= 0.3 is 0 Å². The smallest absolute Gasteiger partial charge is 0.261 e. The second-order valence-corrected chi connectivity index (χ2v) is 3.50. The first-order valence-corrected chi connectivity index (χ1v) is 4.73. The Kier molecular flexibility index (Phi) is 2.15. The molecule has 3 nitrogen and oxygen atoms in total. The molecule has 0 aromatic carbocycles. The lowest BCUT2D eigenvalue weighted by atomic mass is 10.2. The van der Waals surface area contributed by atoms with E-state index in [1.165, 1.54) is 0 Å². The first kappa shape index (κ1) is 9.06. The van der Waals surface area contributed by atoms with E-state index >= 15 is 0 Å². The van der Waals surface area contributed by atoms with E-state index in [-0.39, 0.29) is 5.91 Å². The van der Waals surface area contributed by atoms with Crippen molar-refractivity contribution in [2.75, 3.05) is 6.54 Å². The summed E-state index contributed by atoms with van der Waals surface area (Å²) in [6.45, 7) is 4.45. The van der Waals surface area contributed by atoms with Crippen molar-refractivity contribution in [2.24, 2.45) is 0 Å². The predicted molar refractivity (Wildman–Crippen MR) is 53.0 cm³/mol. The van der Waals surface area contributed by atoms with E-state index in [4.69, 9.17) is 4.42 Å². The summed E-state index contributed by atoms with van der Waals surface area (Å²) in [6, 6.07) is 1.80. The quantitative estimate of drug-likeness (QED) is 0.682. The predicted octanol–water partition coefficient (Wildman–Crippen LogP) is 2.26. The molecule has 1 aromatic heterocycles. The van der Waals surface area contributed by atoms with Crippen LogP contribution in [0.5, 0.6) is 0 Å². The van der Waals surface area contributed by atoms with Gasteiger partial charge in [0, 0.05) is 12.7 Å². The van der Waals surface area contributed by atoms with Gasteiger partial charge in [-0.25, -0.2) is 0 Å². The van der Waals surface area contributed by atoms with Crippen LogP contribution in [0.25, 0.3) is 0 Å². The number of nitrogens with zero attached hydrogens (tertiary/aromatic N) is 1. The van der Waals surface area contributed by atoms with E-state index in [1.54, 1.807) is 11.0 Å². The maximum Gasteiger partial charge on any atom is 0.261 e. The second kappa shape index (κ2) is 3.33. The van der Waals surface area contributed by atoms with Gasteiger partial charge in [-0.2, -0.15) is 0 Å². The zero-order valence-electron chi connectivity index (χ0n) is 8.41. The van der Waals surface area contributed by atoms with Crippen molar-refractivity contribution in [1.82, 2.24) is 4.90 Å². The topological polar surface area (TPSA) is 33.5 Å². The SMILES string of the molecule is Cc1cc(C(=O)N2C=CCC2)c(C)o1. The normalized spacial score (nSPS) is 15.1. The average molecular weight is 191 g/mol. The molecule has 2 heterocycles. The molecule has 1 aliphatic rings. The Bertz CT molecular complexity index is 390. The number of hydrogen-bond acceptors (Lipinski definition) is 2. The van der Waals surface area contributed by atoms with Gasteiger partial charge in [-0.3, -0.25) is 4.79 Å². The molecule has 1 aliphatic heterocycles. The van der Waals surface area contributed by atoms with Crippen LogP contribution in [0.2, 0.25) is 0 Å². The van der Waals surface area contributed by atoms with E-state index in [9.17, 15) is 4.79 Å². The number of amides is 1. The molecule has 0 unspecified atom stereocenters. The Labute approximate surface area is 83.0 Å². The van der Waals surface area contributed by atoms with Crippen LogP contribution in [-0.4, -0.2) is 17.4 Å². The molecular weight excluding hydrogens is 178 g/mol. The van der Waals surface area contributed by atoms with Crippen molar-refractivity contribution in [1.29, 1.82) is 0 Å². The fourth-order valence-corrected chi connectivity index (χ4v) is 1.66. The molecule has 3 heteroatoms. The van der Waals surface area contributed by atoms with Gasteiger partial charge in [0.2, 0.25) is 0 Å². The van der Waals surface area contributed by atoms with Crippen LogP contribution in [0.15, 0.2) is 22.8 Å². The van der Waals surface area contributed by atoms with Crippen LogP contribution in [0.4, 0.5) is 0 Å². The molecule has 1 amide bonds. The molecule has 0 atom stereocenters. The molecule has 0 aliphatic carbocycles. The summed E-state index contributed by atoms with van der Waals surface area (Å²) in [4.78, 5) is 13.6. The van der Waals surface area contributed by atoms with Crippen LogP contribution >= 0.6 is 0 Å². The fourth-order valence-electron chi connectivity index (χ4n) is 1.66. The summed E-state index contributed by atoms with van der Waals surface area (Å²) in [5.41, 5.74) is 0.675. The Morgan fingerprint density at radius 3 is 2.79 bits per heavy atom. The lowest BCUT2D eigenvalue weighted by Gasteiger charge is -2.11. The van der Waals surface area contributed by atoms with Crippen LogP contribution < -0.4 is 0 Å². The molecule has 1 aromatic rings. The van der Waals surface area contributed by atoms with Gasteiger partial charge in [0.05, 0.1) is 5.56 Å². The summed E-state index contributed by atoms with van der Waals surface area (Å²) >= 11 is 0. The number of aryl methyl sites for hydroxylation is 2. The molecule has 14 heavy (non-hydrogen) atoms. The highest BCUT2D eigenvalue weighted by Gasteiger charge is 2.19. The molecule has 2 rings (SSSR count). The van der Waals surface area contributed by atoms with Gasteiger partial charge in [0.15, 0.2) is 0 Å². The third-order valence-electron chi connectivity index (χ3n) is 2.35. The lowest BCUT2D eigenvalue weighted by molar-refractivity contribution is 0.0831. The van der Waals surface area contributed by atoms with Gasteiger partial charge < -0.3 is 9.32 Å². The Morgan fingerprint density at radius 2 is 2.29 bits per heavy atom. The number of hydrogen-bond donors (Lipinski definition) is 0. The Balaban J connectivity index is 2.26. The Morgan fingerprint density at radius 1 is 1.50 bits per heavy atom. The third-order valence-corrected chi connectivity index (χ3v) is 2.35. The molecule has 0 radical (unpaired) electrons. The summed E-state index contributed by atoms with van der Waals surface area (Å²) in [6.07, 6.45) is 4.78. The van der Waals surface area contributed by atoms with Gasteiger partial charge in [0.25, 0.3) is 5.91 Å². The van der Waals surface area contributed by atoms with Crippen LogP contribution in [-0.2, 0) is 0 Å². The van der Waals surface area contributed by atoms with E-state index < -0.39 is 0 Å². The highest BCUT2D eigenvalue weighted by molar-refractivity contribution is 5.96. The summed E-state index contributed by atoms with van der Waals surface area (Å²) in [5, 5.41) is 0. The highest BCUT2D eigenvalue weighted by atomic mass is 16.3. The number of rotatable bonds is 1. The average Bonchev–Trinajstić information content (AvgIpc) is 2.73. The number of furan rings is 1. The van der Waals surface area contributed by atoms with Crippen molar-refractivity contribution < 1.29 is 9.21 Å². The molecule has 0 saturated carbocycles. The van der Waals surface area contributed by atoms with Crippen molar-refractivity contribution >= 4 is 5.91 Å². The summed E-state index contributed by atoms with van der Waals surface area (Å²) in [5.74, 6) is 1.52. The molecule has 0 bridgehead atoms. The van der Waals surface area contributed by atoms with Gasteiger partial charge in [0.1, 0.15) is 11.5 Å². The number of carbonyl (C=O) groups is 1. The van der Waals surface area contributed by atoms with E-state index in [2.05, 4.69) is 0 Å². The van der Waals surface area contributed by atoms with Crippen molar-refractivity contribution in [3.8, 4) is 0 Å². The summed E-state index contributed by atoms with van der Waals surface area (Å²) < 4.78 is 5.32. The minimum Gasteiger partial charge on any atom is -0.466 e. The molecule has 0 fully saturated rings. The monoisotopic (exact) mass is 191 g/mol. The second-order valence-electron chi connectivity index (χ2n) is 3.50. The first-order valence-electron chi connectivity index (χ1n) is 4.73. The molecule has 0 N–H and O–H groups in total. The molecular formula is C11H13NO2. The third kappa shape index (κ3) is 1.45. The maximum atomic E-state index is 11.9. The minimum atomic E-state index is 0.0353. The van der Waals surface area contributed by atoms with E-state index in [0.29, 0.717) is 11.3 Å². The Hall–Kier alpha value is -1.51. The van der Waals surface area contributed by atoms with E-state index in [0.717, 1.165) is 18.7 Å². The zero-order valence-corrected chi connectivity index (χ0v) is 8.41. The van der Waals surface area contributed by atoms with Crippen LogP contribution in [0, 0.1) is 13.8 Å². The summed E-state index contributed by atoms with van der Waals surface area (Å²) in [7, 11) is 0. The van der Waals surface area contributed by atoms with Crippen molar-refractivity contribution in [2.45, 2.75) is 20.3 Å². The largest absolute Gasteiger partial charge is 0.466 e. The maximum absolute atomic E-state index is 11.9. The molecule has 0 spiro atoms. The molecule has 74 valence electrons. The van der Waals surface area contributed by atoms with E-state index in [1.807, 2.05) is 26.1 Å². The van der Waals surface area contributed by atoms with Crippen LogP contribution in [0.1, 0.15) is 28.3 Å². The van der Waals surface area contributed by atoms with Crippen molar-refractivity contribution in [3.05, 3.63) is 35.4 Å². The van der Waals surface area contributed by atoms with Gasteiger partial charge in [-0.05, 0) is 26.3 Å². The van der Waals surface area contributed by atoms with Crippen LogP contribution in [0.3, 0.4) is 0 Å².